The van der Waals surface area contributed by atoms with E-state index < -0.39 is 5.97 Å². The maximum absolute atomic E-state index is 10.4. The van der Waals surface area contributed by atoms with Crippen LogP contribution in [0.4, 0.5) is 0 Å². The number of carboxylic acid groups (broad SMARTS) is 1. The van der Waals surface area contributed by atoms with Gasteiger partial charge < -0.3 is 9.52 Å². The first-order valence-electron chi connectivity index (χ1n) is 3.45. The number of carbonyl (C=O) groups is 1. The van der Waals surface area contributed by atoms with E-state index in [1.807, 2.05) is 13.8 Å². The first kappa shape index (κ1) is 9.12. The van der Waals surface area contributed by atoms with Gasteiger partial charge in [0, 0.05) is 5.25 Å². The third-order valence-corrected chi connectivity index (χ3v) is 1.89. The van der Waals surface area contributed by atoms with Crippen molar-refractivity contribution in [3.8, 4) is 0 Å². The largest absolute Gasteiger partial charge is 0.475 e. The summed E-state index contributed by atoms with van der Waals surface area (Å²) in [5, 5.41) is 9.23. The Labute approximate surface area is 74.0 Å². The van der Waals surface area contributed by atoms with E-state index in [1.54, 1.807) is 0 Å². The Bertz CT molecular complexity index is 282. The van der Waals surface area contributed by atoms with Crippen molar-refractivity contribution < 1.29 is 14.3 Å². The first-order valence-corrected chi connectivity index (χ1v) is 4.33. The van der Waals surface area contributed by atoms with Crippen molar-refractivity contribution in [2.24, 2.45) is 0 Å². The molecule has 0 spiro atoms. The number of carboxylic acids is 1. The summed E-state index contributed by atoms with van der Waals surface area (Å²) in [5.74, 6) is -1.20. The smallest absolute Gasteiger partial charge is 0.373 e. The Kier molecular flexibility index (Phi) is 2.75. The van der Waals surface area contributed by atoms with E-state index in [0.717, 1.165) is 0 Å². The lowest BCUT2D eigenvalue weighted by Crippen LogP contribution is -1.91. The quantitative estimate of drug-likeness (QED) is 0.732. The van der Waals surface area contributed by atoms with Crippen LogP contribution < -0.4 is 0 Å². The molecule has 1 heterocycles. The molecule has 1 aromatic rings. The molecular formula is C7H9NO3S. The van der Waals surface area contributed by atoms with Gasteiger partial charge in [-0.1, -0.05) is 25.6 Å². The predicted molar refractivity (Wildman–Crippen MR) is 44.5 cm³/mol. The summed E-state index contributed by atoms with van der Waals surface area (Å²) in [6.45, 7) is 3.96. The highest BCUT2D eigenvalue weighted by Crippen LogP contribution is 2.21. The van der Waals surface area contributed by atoms with Gasteiger partial charge in [0.25, 0.3) is 5.22 Å². The molecule has 1 rings (SSSR count). The minimum atomic E-state index is -1.09. The second-order valence-corrected chi connectivity index (χ2v) is 3.99. The number of rotatable bonds is 3. The molecule has 0 unspecified atom stereocenters. The van der Waals surface area contributed by atoms with Crippen LogP contribution in [0.1, 0.15) is 24.4 Å². The fraction of sp³-hybridized carbons (Fsp3) is 0.429. The SMILES string of the molecule is CC(C)Sc1ncc(C(=O)O)o1. The number of aromatic carboxylic acids is 1. The van der Waals surface area contributed by atoms with Gasteiger partial charge in [0.2, 0.25) is 5.76 Å². The van der Waals surface area contributed by atoms with E-state index in [4.69, 9.17) is 9.52 Å². The van der Waals surface area contributed by atoms with Crippen molar-refractivity contribution in [2.75, 3.05) is 0 Å². The van der Waals surface area contributed by atoms with Crippen LogP contribution in [0.3, 0.4) is 0 Å². The van der Waals surface area contributed by atoms with Gasteiger partial charge in [0.15, 0.2) is 0 Å². The Balaban J connectivity index is 2.71. The zero-order chi connectivity index (χ0) is 9.14. The molecule has 12 heavy (non-hydrogen) atoms. The molecule has 0 aliphatic heterocycles. The van der Waals surface area contributed by atoms with Crippen LogP contribution >= 0.6 is 11.8 Å². The number of oxazole rings is 1. The first-order chi connectivity index (χ1) is 5.59. The topological polar surface area (TPSA) is 63.3 Å². The lowest BCUT2D eigenvalue weighted by atomic mass is 10.5. The minimum Gasteiger partial charge on any atom is -0.475 e. The third kappa shape index (κ3) is 2.27. The molecule has 0 radical (unpaired) electrons. The molecule has 0 amide bonds. The van der Waals surface area contributed by atoms with Gasteiger partial charge in [-0.05, 0) is 0 Å². The minimum absolute atomic E-state index is 0.113. The standard InChI is InChI=1S/C7H9NO3S/c1-4(2)12-7-8-3-5(11-7)6(9)10/h3-4H,1-2H3,(H,9,10). The number of aromatic nitrogens is 1. The zero-order valence-electron chi connectivity index (χ0n) is 6.77. The van der Waals surface area contributed by atoms with Crippen molar-refractivity contribution in [2.45, 2.75) is 24.3 Å². The third-order valence-electron chi connectivity index (χ3n) is 1.03. The molecule has 66 valence electrons. The van der Waals surface area contributed by atoms with Gasteiger partial charge in [0.1, 0.15) is 0 Å². The van der Waals surface area contributed by atoms with Crippen molar-refractivity contribution in [3.63, 3.8) is 0 Å². The van der Waals surface area contributed by atoms with Crippen molar-refractivity contribution in [1.82, 2.24) is 4.98 Å². The van der Waals surface area contributed by atoms with Gasteiger partial charge >= 0.3 is 5.97 Å². The highest BCUT2D eigenvalue weighted by Gasteiger charge is 2.11. The summed E-state index contributed by atoms with van der Waals surface area (Å²) in [6.07, 6.45) is 1.22. The molecule has 1 N–H and O–H groups in total. The molecule has 0 atom stereocenters. The van der Waals surface area contributed by atoms with E-state index in [9.17, 15) is 4.79 Å². The van der Waals surface area contributed by atoms with Crippen LogP contribution in [0, 0.1) is 0 Å². The molecule has 0 saturated heterocycles. The summed E-state index contributed by atoms with van der Waals surface area (Å²) in [5.41, 5.74) is 0. The second-order valence-electron chi connectivity index (χ2n) is 2.46. The number of thioether (sulfide) groups is 1. The molecule has 4 nitrogen and oxygen atoms in total. The highest BCUT2D eigenvalue weighted by molar-refractivity contribution is 7.99. The van der Waals surface area contributed by atoms with Gasteiger partial charge in [0.05, 0.1) is 6.20 Å². The molecular weight excluding hydrogens is 178 g/mol. The average Bonchev–Trinajstić information content (AvgIpc) is 2.34. The number of hydrogen-bond acceptors (Lipinski definition) is 4. The van der Waals surface area contributed by atoms with Crippen LogP contribution in [0.25, 0.3) is 0 Å². The number of nitrogens with zero attached hydrogens (tertiary/aromatic N) is 1. The fourth-order valence-electron chi connectivity index (χ4n) is 0.613. The molecule has 0 aromatic carbocycles. The molecule has 1 aromatic heterocycles. The second kappa shape index (κ2) is 3.62. The average molecular weight is 187 g/mol. The molecule has 5 heteroatoms. The monoisotopic (exact) mass is 187 g/mol. The lowest BCUT2D eigenvalue weighted by molar-refractivity contribution is 0.0656. The van der Waals surface area contributed by atoms with Crippen LogP contribution in [0.15, 0.2) is 15.8 Å². The van der Waals surface area contributed by atoms with Crippen molar-refractivity contribution >= 4 is 17.7 Å². The van der Waals surface area contributed by atoms with Gasteiger partial charge in [-0.15, -0.1) is 0 Å². The van der Waals surface area contributed by atoms with Crippen molar-refractivity contribution in [3.05, 3.63) is 12.0 Å². The number of hydrogen-bond donors (Lipinski definition) is 1. The van der Waals surface area contributed by atoms with Gasteiger partial charge in [-0.25, -0.2) is 9.78 Å². The summed E-state index contributed by atoms with van der Waals surface area (Å²) in [4.78, 5) is 14.2. The van der Waals surface area contributed by atoms with E-state index >= 15 is 0 Å². The molecule has 0 saturated carbocycles. The maximum atomic E-state index is 10.4. The summed E-state index contributed by atoms with van der Waals surface area (Å²) >= 11 is 1.40. The normalized spacial score (nSPS) is 10.6. The Morgan fingerprint density at radius 1 is 1.75 bits per heavy atom. The fourth-order valence-corrected chi connectivity index (χ4v) is 1.27. The van der Waals surface area contributed by atoms with Crippen LogP contribution in [-0.4, -0.2) is 21.3 Å². The van der Waals surface area contributed by atoms with Gasteiger partial charge in [-0.3, -0.25) is 0 Å². The lowest BCUT2D eigenvalue weighted by Gasteiger charge is -1.96. The summed E-state index contributed by atoms with van der Waals surface area (Å²) in [7, 11) is 0. The highest BCUT2D eigenvalue weighted by atomic mass is 32.2. The maximum Gasteiger partial charge on any atom is 0.373 e. The summed E-state index contributed by atoms with van der Waals surface area (Å²) < 4.78 is 4.91. The van der Waals surface area contributed by atoms with Crippen LogP contribution in [0.5, 0.6) is 0 Å². The Morgan fingerprint density at radius 2 is 2.42 bits per heavy atom. The molecule has 0 fully saturated rings. The molecule has 0 aliphatic rings. The van der Waals surface area contributed by atoms with E-state index in [2.05, 4.69) is 4.98 Å². The van der Waals surface area contributed by atoms with Crippen LogP contribution in [0.2, 0.25) is 0 Å². The van der Waals surface area contributed by atoms with Gasteiger partial charge in [-0.2, -0.15) is 0 Å². The Morgan fingerprint density at radius 3 is 2.83 bits per heavy atom. The van der Waals surface area contributed by atoms with E-state index in [0.29, 0.717) is 10.5 Å². The summed E-state index contributed by atoms with van der Waals surface area (Å²) in [6, 6.07) is 0. The molecule has 0 bridgehead atoms. The zero-order valence-corrected chi connectivity index (χ0v) is 7.59. The van der Waals surface area contributed by atoms with Crippen molar-refractivity contribution in [1.29, 1.82) is 0 Å². The van der Waals surface area contributed by atoms with E-state index in [-0.39, 0.29) is 5.76 Å². The molecule has 0 aliphatic carbocycles. The Hall–Kier alpha value is -0.970. The van der Waals surface area contributed by atoms with E-state index in [1.165, 1.54) is 18.0 Å². The van der Waals surface area contributed by atoms with Crippen LogP contribution in [-0.2, 0) is 0 Å². The predicted octanol–water partition coefficient (Wildman–Crippen LogP) is 1.87.